The Kier molecular flexibility index (Phi) is 5.38. The Labute approximate surface area is 147 Å². The van der Waals surface area contributed by atoms with Gasteiger partial charge < -0.3 is 19.7 Å². The zero-order valence-corrected chi connectivity index (χ0v) is 14.2. The van der Waals surface area contributed by atoms with Gasteiger partial charge in [-0.25, -0.2) is 0 Å². The predicted molar refractivity (Wildman–Crippen MR) is 94.5 cm³/mol. The van der Waals surface area contributed by atoms with Gasteiger partial charge in [0.25, 0.3) is 0 Å². The number of anilines is 1. The number of hydrogen-bond acceptors (Lipinski definition) is 4. The van der Waals surface area contributed by atoms with E-state index in [1.54, 1.807) is 35.3 Å². The number of benzene rings is 1. The van der Waals surface area contributed by atoms with E-state index in [4.69, 9.17) is 9.47 Å². The lowest BCUT2D eigenvalue weighted by atomic mass is 9.95. The van der Waals surface area contributed by atoms with Crippen molar-refractivity contribution in [2.24, 2.45) is 5.92 Å². The van der Waals surface area contributed by atoms with Gasteiger partial charge in [0.2, 0.25) is 18.6 Å². The molecule has 2 amide bonds. The van der Waals surface area contributed by atoms with E-state index in [2.05, 4.69) is 5.32 Å². The number of carbonyl (C=O) groups excluding carboxylic acids is 2. The van der Waals surface area contributed by atoms with Crippen molar-refractivity contribution in [3.63, 3.8) is 0 Å². The SMILES string of the molecule is C/C=C/C=C/C(=O)N1CCC(C(=O)Nc2ccc3c(c2)OCO3)CC1. The first-order valence-electron chi connectivity index (χ1n) is 8.46. The largest absolute Gasteiger partial charge is 0.454 e. The molecule has 0 bridgehead atoms. The van der Waals surface area contributed by atoms with Gasteiger partial charge in [-0.1, -0.05) is 18.2 Å². The Balaban J connectivity index is 1.51. The number of rotatable bonds is 4. The molecule has 1 aromatic carbocycles. The number of ether oxygens (including phenoxy) is 2. The number of carbonyl (C=O) groups is 2. The highest BCUT2D eigenvalue weighted by Crippen LogP contribution is 2.34. The van der Waals surface area contributed by atoms with Gasteiger partial charge in [0, 0.05) is 36.8 Å². The highest BCUT2D eigenvalue weighted by atomic mass is 16.7. The highest BCUT2D eigenvalue weighted by molar-refractivity contribution is 5.93. The summed E-state index contributed by atoms with van der Waals surface area (Å²) in [6.07, 6.45) is 8.33. The molecule has 0 unspecified atom stereocenters. The fourth-order valence-corrected chi connectivity index (χ4v) is 2.94. The first-order chi connectivity index (χ1) is 12.2. The molecule has 6 nitrogen and oxygen atoms in total. The molecule has 0 spiro atoms. The summed E-state index contributed by atoms with van der Waals surface area (Å²) in [4.78, 5) is 26.3. The normalized spacial score (nSPS) is 17.4. The van der Waals surface area contributed by atoms with Crippen molar-refractivity contribution in [3.8, 4) is 11.5 Å². The molecule has 1 saturated heterocycles. The number of amides is 2. The Morgan fingerprint density at radius 2 is 1.92 bits per heavy atom. The minimum atomic E-state index is -0.0889. The molecule has 0 radical (unpaired) electrons. The standard InChI is InChI=1S/C19H22N2O4/c1-2-3-4-5-18(22)21-10-8-14(9-11-21)19(23)20-15-6-7-16-17(12-15)25-13-24-16/h2-7,12,14H,8-11,13H2,1H3,(H,20,23)/b3-2+,5-4+. The van der Waals surface area contributed by atoms with Crippen LogP contribution < -0.4 is 14.8 Å². The van der Waals surface area contributed by atoms with Crippen LogP contribution in [0.25, 0.3) is 0 Å². The van der Waals surface area contributed by atoms with Gasteiger partial charge in [-0.3, -0.25) is 9.59 Å². The molecule has 0 aliphatic carbocycles. The van der Waals surface area contributed by atoms with E-state index in [1.807, 2.05) is 19.1 Å². The van der Waals surface area contributed by atoms with Gasteiger partial charge in [-0.15, -0.1) is 0 Å². The van der Waals surface area contributed by atoms with Crippen LogP contribution >= 0.6 is 0 Å². The third-order valence-electron chi connectivity index (χ3n) is 4.36. The summed E-state index contributed by atoms with van der Waals surface area (Å²) in [5.41, 5.74) is 0.696. The monoisotopic (exact) mass is 342 g/mol. The molecule has 2 aliphatic heterocycles. The number of piperidine rings is 1. The molecule has 2 heterocycles. The Hall–Kier alpha value is -2.76. The maximum atomic E-state index is 12.4. The first kappa shape index (κ1) is 17.1. The molecule has 1 fully saturated rings. The number of fused-ring (bicyclic) bond motifs is 1. The van der Waals surface area contributed by atoms with Gasteiger partial charge in [-0.05, 0) is 31.9 Å². The van der Waals surface area contributed by atoms with E-state index in [0.29, 0.717) is 43.1 Å². The van der Waals surface area contributed by atoms with E-state index in [0.717, 1.165) is 0 Å². The molecule has 0 aromatic heterocycles. The minimum Gasteiger partial charge on any atom is -0.454 e. The summed E-state index contributed by atoms with van der Waals surface area (Å²) < 4.78 is 10.6. The van der Waals surface area contributed by atoms with Crippen molar-refractivity contribution in [2.45, 2.75) is 19.8 Å². The summed E-state index contributed by atoms with van der Waals surface area (Å²) >= 11 is 0. The van der Waals surface area contributed by atoms with Crippen molar-refractivity contribution in [1.82, 2.24) is 4.90 Å². The molecule has 0 saturated carbocycles. The maximum Gasteiger partial charge on any atom is 0.246 e. The van der Waals surface area contributed by atoms with Crippen molar-refractivity contribution in [3.05, 3.63) is 42.5 Å². The maximum absolute atomic E-state index is 12.4. The Bertz CT molecular complexity index is 703. The number of hydrogen-bond donors (Lipinski definition) is 1. The predicted octanol–water partition coefficient (Wildman–Crippen LogP) is 2.72. The van der Waals surface area contributed by atoms with Crippen LogP contribution in [0.15, 0.2) is 42.5 Å². The zero-order valence-electron chi connectivity index (χ0n) is 14.2. The van der Waals surface area contributed by atoms with Crippen LogP contribution in [0.3, 0.4) is 0 Å². The zero-order chi connectivity index (χ0) is 17.6. The molecule has 6 heteroatoms. The Morgan fingerprint density at radius 1 is 1.16 bits per heavy atom. The molecular weight excluding hydrogens is 320 g/mol. The smallest absolute Gasteiger partial charge is 0.246 e. The second-order valence-electron chi connectivity index (χ2n) is 6.04. The van der Waals surface area contributed by atoms with Crippen molar-refractivity contribution >= 4 is 17.5 Å². The molecule has 3 rings (SSSR count). The number of allylic oxidation sites excluding steroid dienone is 3. The second kappa shape index (κ2) is 7.88. The van der Waals surface area contributed by atoms with Crippen LogP contribution in [0, 0.1) is 5.92 Å². The summed E-state index contributed by atoms with van der Waals surface area (Å²) in [6.45, 7) is 3.30. The van der Waals surface area contributed by atoms with Crippen molar-refractivity contribution < 1.29 is 19.1 Å². The summed E-state index contributed by atoms with van der Waals surface area (Å²) in [5, 5.41) is 2.93. The van der Waals surface area contributed by atoms with Crippen LogP contribution in [0.1, 0.15) is 19.8 Å². The molecular formula is C19H22N2O4. The lowest BCUT2D eigenvalue weighted by Crippen LogP contribution is -2.40. The third-order valence-corrected chi connectivity index (χ3v) is 4.36. The van der Waals surface area contributed by atoms with Crippen LogP contribution in [-0.2, 0) is 9.59 Å². The van der Waals surface area contributed by atoms with Crippen LogP contribution in [0.4, 0.5) is 5.69 Å². The van der Waals surface area contributed by atoms with Crippen LogP contribution in [0.5, 0.6) is 11.5 Å². The second-order valence-corrected chi connectivity index (χ2v) is 6.04. The summed E-state index contributed by atoms with van der Waals surface area (Å²) in [5.74, 6) is 1.22. The molecule has 1 N–H and O–H groups in total. The van der Waals surface area contributed by atoms with Crippen molar-refractivity contribution in [1.29, 1.82) is 0 Å². The molecule has 25 heavy (non-hydrogen) atoms. The molecule has 132 valence electrons. The van der Waals surface area contributed by atoms with Gasteiger partial charge >= 0.3 is 0 Å². The number of likely N-dealkylation sites (tertiary alicyclic amines) is 1. The Morgan fingerprint density at radius 3 is 2.68 bits per heavy atom. The average Bonchev–Trinajstić information content (AvgIpc) is 3.09. The van der Waals surface area contributed by atoms with Gasteiger partial charge in [0.05, 0.1) is 0 Å². The third kappa shape index (κ3) is 4.21. The van der Waals surface area contributed by atoms with Gasteiger partial charge in [0.1, 0.15) is 0 Å². The highest BCUT2D eigenvalue weighted by Gasteiger charge is 2.27. The van der Waals surface area contributed by atoms with E-state index < -0.39 is 0 Å². The van der Waals surface area contributed by atoms with Crippen LogP contribution in [-0.4, -0.2) is 36.6 Å². The summed E-state index contributed by atoms with van der Waals surface area (Å²) in [7, 11) is 0. The lowest BCUT2D eigenvalue weighted by Gasteiger charge is -2.30. The average molecular weight is 342 g/mol. The molecule has 1 aromatic rings. The molecule has 0 atom stereocenters. The fraction of sp³-hybridized carbons (Fsp3) is 0.368. The topological polar surface area (TPSA) is 67.9 Å². The first-order valence-corrected chi connectivity index (χ1v) is 8.46. The van der Waals surface area contributed by atoms with Gasteiger partial charge in [-0.2, -0.15) is 0 Å². The number of nitrogens with one attached hydrogen (secondary N) is 1. The van der Waals surface area contributed by atoms with E-state index >= 15 is 0 Å². The van der Waals surface area contributed by atoms with E-state index in [-0.39, 0.29) is 24.5 Å². The minimum absolute atomic E-state index is 0.00673. The molecule has 2 aliphatic rings. The quantitative estimate of drug-likeness (QED) is 0.675. The van der Waals surface area contributed by atoms with Crippen molar-refractivity contribution in [2.75, 3.05) is 25.2 Å². The van der Waals surface area contributed by atoms with Crippen LogP contribution in [0.2, 0.25) is 0 Å². The van der Waals surface area contributed by atoms with E-state index in [9.17, 15) is 9.59 Å². The lowest BCUT2D eigenvalue weighted by molar-refractivity contribution is -0.130. The fourth-order valence-electron chi connectivity index (χ4n) is 2.94. The number of nitrogens with zero attached hydrogens (tertiary/aromatic N) is 1. The van der Waals surface area contributed by atoms with E-state index in [1.165, 1.54) is 0 Å². The summed E-state index contributed by atoms with van der Waals surface area (Å²) in [6, 6.07) is 5.36. The van der Waals surface area contributed by atoms with Gasteiger partial charge in [0.15, 0.2) is 11.5 Å².